The number of nitrogens with zero attached hydrogens (tertiary/aromatic N) is 4. The molecular weight excluding hydrogens is 444 g/mol. The van der Waals surface area contributed by atoms with Gasteiger partial charge in [-0.25, -0.2) is 0 Å². The van der Waals surface area contributed by atoms with Crippen molar-refractivity contribution in [2.45, 2.75) is 13.8 Å². The summed E-state index contributed by atoms with van der Waals surface area (Å²) in [4.78, 5) is 5.86. The van der Waals surface area contributed by atoms with Crippen molar-refractivity contribution in [1.82, 2.24) is 0 Å². The van der Waals surface area contributed by atoms with Crippen molar-refractivity contribution in [1.29, 1.82) is 15.8 Å². The van der Waals surface area contributed by atoms with Crippen LogP contribution in [0.25, 0.3) is 33.4 Å². The van der Waals surface area contributed by atoms with Crippen molar-refractivity contribution >= 4 is 29.7 Å². The highest BCUT2D eigenvalue weighted by Gasteiger charge is 2.18. The number of allylic oxidation sites excluding steroid dienone is 6. The van der Waals surface area contributed by atoms with E-state index in [1.165, 1.54) is 12.3 Å². The number of furan rings is 2. The number of aliphatic imine (C=N–C) groups is 1. The Bertz CT molecular complexity index is 1450. The van der Waals surface area contributed by atoms with Crippen LogP contribution in [0.3, 0.4) is 0 Å². The lowest BCUT2D eigenvalue weighted by atomic mass is 10.1. The molecule has 0 bridgehead atoms. The Morgan fingerprint density at radius 3 is 1.82 bits per heavy atom. The molecule has 0 spiro atoms. The Morgan fingerprint density at radius 2 is 1.35 bits per heavy atom. The van der Waals surface area contributed by atoms with Gasteiger partial charge < -0.3 is 8.83 Å². The van der Waals surface area contributed by atoms with Gasteiger partial charge in [0.25, 0.3) is 0 Å². The quantitative estimate of drug-likeness (QED) is 0.212. The average molecular weight is 465 g/mol. The Morgan fingerprint density at radius 1 is 0.824 bits per heavy atom. The summed E-state index contributed by atoms with van der Waals surface area (Å²) in [6, 6.07) is 13.2. The molecule has 0 N–H and O–H groups in total. The van der Waals surface area contributed by atoms with Gasteiger partial charge in [0.05, 0.1) is 15.3 Å². The molecule has 6 nitrogen and oxygen atoms in total. The molecule has 0 atom stereocenters. The Kier molecular flexibility index (Phi) is 7.97. The predicted octanol–water partition coefficient (Wildman–Crippen LogP) is 7.04. The molecular formula is C27H20N4O2S. The molecule has 3 rings (SSSR count). The average Bonchev–Trinajstić information content (AvgIpc) is 3.57. The zero-order valence-electron chi connectivity index (χ0n) is 18.9. The van der Waals surface area contributed by atoms with Crippen molar-refractivity contribution < 1.29 is 8.83 Å². The zero-order valence-corrected chi connectivity index (χ0v) is 19.7. The Balaban J connectivity index is 1.83. The minimum Gasteiger partial charge on any atom is -0.456 e. The molecule has 0 fully saturated rings. The van der Waals surface area contributed by atoms with Crippen molar-refractivity contribution in [2.75, 3.05) is 7.05 Å². The molecule has 0 aliphatic heterocycles. The molecule has 7 heteroatoms. The van der Waals surface area contributed by atoms with Crippen LogP contribution in [0, 0.1) is 47.8 Å². The summed E-state index contributed by atoms with van der Waals surface area (Å²) in [5.74, 6) is 2.79. The topological polar surface area (TPSA) is 110 Å². The number of hydrogen-bond donors (Lipinski definition) is 0. The standard InChI is InChI=1S/C27H20N4O2S/c1-18-19(2)27(25-13-11-23(33-25)9-5-7-21(16-30)17-31-3)34-26(18)24-12-10-22(32-24)8-4-6-20(14-28)15-29/h4-13,17H,1-3H3/b8-4+,9-5+,21-7+,31-17-. The van der Waals surface area contributed by atoms with Gasteiger partial charge in [-0.1, -0.05) is 12.2 Å². The number of thiophene rings is 1. The number of nitriles is 3. The lowest BCUT2D eigenvalue weighted by Crippen LogP contribution is -1.77. The lowest BCUT2D eigenvalue weighted by Gasteiger charge is -1.95. The van der Waals surface area contributed by atoms with Gasteiger partial charge in [0, 0.05) is 13.3 Å². The largest absolute Gasteiger partial charge is 0.456 e. The summed E-state index contributed by atoms with van der Waals surface area (Å²) in [5, 5.41) is 26.6. The second-order valence-electron chi connectivity index (χ2n) is 7.06. The normalized spacial score (nSPS) is 11.7. The molecule has 166 valence electrons. The van der Waals surface area contributed by atoms with Gasteiger partial charge in [-0.05, 0) is 73.5 Å². The summed E-state index contributed by atoms with van der Waals surface area (Å²) >= 11 is 1.59. The highest BCUT2D eigenvalue weighted by molar-refractivity contribution is 7.19. The summed E-state index contributed by atoms with van der Waals surface area (Å²) in [5.41, 5.74) is 2.70. The molecule has 0 saturated heterocycles. The van der Waals surface area contributed by atoms with Crippen molar-refractivity contribution in [3.63, 3.8) is 0 Å². The molecule has 0 aliphatic rings. The first-order valence-corrected chi connectivity index (χ1v) is 11.0. The summed E-state index contributed by atoms with van der Waals surface area (Å²) < 4.78 is 12.0. The fourth-order valence-electron chi connectivity index (χ4n) is 3.03. The molecule has 0 unspecified atom stereocenters. The fraction of sp³-hybridized carbons (Fsp3) is 0.111. The minimum absolute atomic E-state index is 0.0291. The second kappa shape index (κ2) is 11.3. The first-order valence-electron chi connectivity index (χ1n) is 10.2. The summed E-state index contributed by atoms with van der Waals surface area (Å²) in [7, 11) is 1.62. The lowest BCUT2D eigenvalue weighted by molar-refractivity contribution is 0.572. The van der Waals surface area contributed by atoms with Crippen LogP contribution in [0.15, 0.2) is 73.5 Å². The van der Waals surface area contributed by atoms with E-state index in [9.17, 15) is 0 Å². The van der Waals surface area contributed by atoms with Gasteiger partial charge in [0.2, 0.25) is 0 Å². The van der Waals surface area contributed by atoms with E-state index < -0.39 is 0 Å². The van der Waals surface area contributed by atoms with Crippen molar-refractivity contribution in [3.05, 3.63) is 82.4 Å². The van der Waals surface area contributed by atoms with Gasteiger partial charge in [0.1, 0.15) is 46.8 Å². The maximum Gasteiger partial charge on any atom is 0.145 e. The predicted molar refractivity (Wildman–Crippen MR) is 135 cm³/mol. The van der Waals surface area contributed by atoms with Crippen LogP contribution in [-0.4, -0.2) is 13.3 Å². The highest BCUT2D eigenvalue weighted by atomic mass is 32.1. The summed E-state index contributed by atoms with van der Waals surface area (Å²) in [6.07, 6.45) is 11.5. The van der Waals surface area contributed by atoms with Crippen molar-refractivity contribution in [2.24, 2.45) is 4.99 Å². The van der Waals surface area contributed by atoms with Crippen molar-refractivity contribution in [3.8, 4) is 39.5 Å². The van der Waals surface area contributed by atoms with Crippen LogP contribution in [0.2, 0.25) is 0 Å². The summed E-state index contributed by atoms with van der Waals surface area (Å²) in [6.45, 7) is 4.10. The molecule has 0 amide bonds. The van der Waals surface area contributed by atoms with Gasteiger partial charge >= 0.3 is 0 Å². The molecule has 34 heavy (non-hydrogen) atoms. The van der Waals surface area contributed by atoms with E-state index in [-0.39, 0.29) is 5.57 Å². The van der Waals surface area contributed by atoms with E-state index in [1.54, 1.807) is 48.8 Å². The molecule has 0 aliphatic carbocycles. The minimum atomic E-state index is 0.0291. The monoisotopic (exact) mass is 464 g/mol. The third-order valence-corrected chi connectivity index (χ3v) is 6.27. The van der Waals surface area contributed by atoms with Gasteiger partial charge in [-0.15, -0.1) is 11.3 Å². The van der Waals surface area contributed by atoms with Gasteiger partial charge in [-0.2, -0.15) is 15.8 Å². The SMILES string of the molecule is C\N=C/C(C#N)=C/C=C/c1ccc(-c2sc(-c3ccc(/C=C/C=C(C#N)C#N)o3)c(C)c2C)o1. The zero-order chi connectivity index (χ0) is 24.5. The van der Waals surface area contributed by atoms with Gasteiger partial charge in [-0.3, -0.25) is 4.99 Å². The van der Waals surface area contributed by atoms with E-state index in [1.807, 2.05) is 43.3 Å². The first kappa shape index (κ1) is 24.0. The van der Waals surface area contributed by atoms with E-state index in [0.717, 1.165) is 32.4 Å². The van der Waals surface area contributed by atoms with E-state index in [0.29, 0.717) is 17.1 Å². The molecule has 0 radical (unpaired) electrons. The maximum atomic E-state index is 9.04. The molecule has 3 heterocycles. The van der Waals surface area contributed by atoms with Crippen LogP contribution in [0.1, 0.15) is 22.6 Å². The molecule has 3 aromatic rings. The molecule has 3 aromatic heterocycles. The maximum absolute atomic E-state index is 9.04. The Labute approximate surface area is 202 Å². The van der Waals surface area contributed by atoms with Crippen LogP contribution in [0.5, 0.6) is 0 Å². The second-order valence-corrected chi connectivity index (χ2v) is 8.08. The number of hydrogen-bond acceptors (Lipinski definition) is 7. The van der Waals surface area contributed by atoms with E-state index >= 15 is 0 Å². The smallest absolute Gasteiger partial charge is 0.145 e. The van der Waals surface area contributed by atoms with Gasteiger partial charge in [0.15, 0.2) is 0 Å². The molecule has 0 saturated carbocycles. The van der Waals surface area contributed by atoms with Crippen LogP contribution in [0.4, 0.5) is 0 Å². The van der Waals surface area contributed by atoms with E-state index in [2.05, 4.69) is 18.0 Å². The number of rotatable bonds is 7. The fourth-order valence-corrected chi connectivity index (χ4v) is 4.27. The Hall–Kier alpha value is -4.64. The van der Waals surface area contributed by atoms with Crippen LogP contribution in [-0.2, 0) is 0 Å². The third-order valence-electron chi connectivity index (χ3n) is 4.85. The van der Waals surface area contributed by atoms with Crippen LogP contribution < -0.4 is 0 Å². The first-order chi connectivity index (χ1) is 16.5. The van der Waals surface area contributed by atoms with E-state index in [4.69, 9.17) is 24.6 Å². The van der Waals surface area contributed by atoms with Crippen LogP contribution >= 0.6 is 11.3 Å². The molecule has 0 aromatic carbocycles. The third kappa shape index (κ3) is 5.58. The highest BCUT2D eigenvalue weighted by Crippen LogP contribution is 2.42.